The van der Waals surface area contributed by atoms with Crippen LogP contribution in [0.15, 0.2) is 29.2 Å². The number of rotatable bonds is 6. The van der Waals surface area contributed by atoms with Crippen molar-refractivity contribution in [3.05, 3.63) is 24.3 Å². The number of nitrogens with one attached hydrogen (secondary N) is 1. The van der Waals surface area contributed by atoms with Crippen molar-refractivity contribution in [1.29, 1.82) is 0 Å². The summed E-state index contributed by atoms with van der Waals surface area (Å²) in [7, 11) is 0. The average Bonchev–Trinajstić information content (AvgIpc) is 2.46. The molecule has 1 aromatic rings. The quantitative estimate of drug-likeness (QED) is 0.812. The SMILES string of the molecule is CC(C)N1CCOC(CNc2ccccc2SC(F)F)C1. The molecule has 1 aliphatic rings. The van der Waals surface area contributed by atoms with Crippen molar-refractivity contribution >= 4 is 17.4 Å². The molecule has 0 spiro atoms. The van der Waals surface area contributed by atoms with Gasteiger partial charge in [0.1, 0.15) is 0 Å². The molecule has 1 unspecified atom stereocenters. The van der Waals surface area contributed by atoms with Crippen molar-refractivity contribution in [2.45, 2.75) is 36.6 Å². The largest absolute Gasteiger partial charge is 0.381 e. The first-order valence-corrected chi connectivity index (χ1v) is 8.07. The third kappa shape index (κ3) is 5.13. The molecule has 1 N–H and O–H groups in total. The number of halogens is 2. The highest BCUT2D eigenvalue weighted by Crippen LogP contribution is 2.31. The minimum Gasteiger partial charge on any atom is -0.381 e. The number of nitrogens with zero attached hydrogens (tertiary/aromatic N) is 1. The molecule has 1 saturated heterocycles. The van der Waals surface area contributed by atoms with Crippen LogP contribution < -0.4 is 5.32 Å². The Kier molecular flexibility index (Phi) is 6.26. The predicted octanol–water partition coefficient (Wildman–Crippen LogP) is 3.52. The summed E-state index contributed by atoms with van der Waals surface area (Å²) in [5, 5.41) is 3.24. The van der Waals surface area contributed by atoms with E-state index in [0.29, 0.717) is 29.2 Å². The van der Waals surface area contributed by atoms with Crippen LogP contribution in [0.1, 0.15) is 13.8 Å². The first-order chi connectivity index (χ1) is 10.1. The molecule has 0 amide bonds. The van der Waals surface area contributed by atoms with Crippen LogP contribution >= 0.6 is 11.8 Å². The third-order valence-electron chi connectivity index (χ3n) is 3.52. The van der Waals surface area contributed by atoms with Gasteiger partial charge in [-0.15, -0.1) is 0 Å². The molecular weight excluding hydrogens is 294 g/mol. The van der Waals surface area contributed by atoms with Crippen molar-refractivity contribution in [3.63, 3.8) is 0 Å². The minimum atomic E-state index is -2.41. The Morgan fingerprint density at radius 2 is 2.14 bits per heavy atom. The van der Waals surface area contributed by atoms with E-state index >= 15 is 0 Å². The van der Waals surface area contributed by atoms with Gasteiger partial charge < -0.3 is 10.1 Å². The lowest BCUT2D eigenvalue weighted by Gasteiger charge is -2.35. The number of hydrogen-bond donors (Lipinski definition) is 1. The number of para-hydroxylation sites is 1. The summed E-state index contributed by atoms with van der Waals surface area (Å²) in [5.41, 5.74) is 0.744. The summed E-state index contributed by atoms with van der Waals surface area (Å²) in [6.07, 6.45) is 0.0887. The number of hydrogen-bond acceptors (Lipinski definition) is 4. The molecule has 0 saturated carbocycles. The van der Waals surface area contributed by atoms with Crippen molar-refractivity contribution in [2.24, 2.45) is 0 Å². The average molecular weight is 316 g/mol. The molecule has 2 rings (SSSR count). The maximum atomic E-state index is 12.5. The van der Waals surface area contributed by atoms with E-state index in [1.807, 2.05) is 12.1 Å². The highest BCUT2D eigenvalue weighted by molar-refractivity contribution is 7.99. The van der Waals surface area contributed by atoms with Gasteiger partial charge in [0.25, 0.3) is 5.76 Å². The lowest BCUT2D eigenvalue weighted by molar-refractivity contribution is -0.0315. The highest BCUT2D eigenvalue weighted by atomic mass is 32.2. The zero-order chi connectivity index (χ0) is 15.2. The van der Waals surface area contributed by atoms with Crippen LogP contribution in [0, 0.1) is 0 Å². The second-order valence-electron chi connectivity index (χ2n) is 5.34. The summed E-state index contributed by atoms with van der Waals surface area (Å²) in [6, 6.07) is 7.65. The number of anilines is 1. The Bertz CT molecular complexity index is 445. The summed E-state index contributed by atoms with van der Waals surface area (Å²) in [6.45, 7) is 7.51. The van der Waals surface area contributed by atoms with Gasteiger partial charge in [-0.2, -0.15) is 8.78 Å². The van der Waals surface area contributed by atoms with Gasteiger partial charge in [0, 0.05) is 36.3 Å². The Morgan fingerprint density at radius 1 is 1.38 bits per heavy atom. The van der Waals surface area contributed by atoms with Crippen LogP contribution in [0.4, 0.5) is 14.5 Å². The number of alkyl halides is 2. The van der Waals surface area contributed by atoms with Gasteiger partial charge >= 0.3 is 0 Å². The van der Waals surface area contributed by atoms with E-state index in [1.165, 1.54) is 0 Å². The van der Waals surface area contributed by atoms with Gasteiger partial charge in [-0.25, -0.2) is 0 Å². The topological polar surface area (TPSA) is 24.5 Å². The zero-order valence-electron chi connectivity index (χ0n) is 12.4. The first kappa shape index (κ1) is 16.5. The second-order valence-corrected chi connectivity index (χ2v) is 6.37. The fourth-order valence-corrected chi connectivity index (χ4v) is 2.99. The van der Waals surface area contributed by atoms with E-state index < -0.39 is 5.76 Å². The van der Waals surface area contributed by atoms with E-state index in [4.69, 9.17) is 4.74 Å². The molecule has 118 valence electrons. The van der Waals surface area contributed by atoms with Gasteiger partial charge in [-0.3, -0.25) is 4.90 Å². The van der Waals surface area contributed by atoms with Crippen LogP contribution in [0.25, 0.3) is 0 Å². The van der Waals surface area contributed by atoms with Crippen LogP contribution in [-0.4, -0.2) is 49.0 Å². The zero-order valence-corrected chi connectivity index (χ0v) is 13.2. The molecule has 1 atom stereocenters. The second kappa shape index (κ2) is 7.96. The predicted molar refractivity (Wildman–Crippen MR) is 83.2 cm³/mol. The van der Waals surface area contributed by atoms with E-state index in [1.54, 1.807) is 12.1 Å². The van der Waals surface area contributed by atoms with Crippen LogP contribution in [0.2, 0.25) is 0 Å². The number of thioether (sulfide) groups is 1. The van der Waals surface area contributed by atoms with Crippen molar-refractivity contribution in [1.82, 2.24) is 4.90 Å². The monoisotopic (exact) mass is 316 g/mol. The first-order valence-electron chi connectivity index (χ1n) is 7.19. The normalized spacial score (nSPS) is 20.2. The fourth-order valence-electron chi connectivity index (χ4n) is 2.37. The van der Waals surface area contributed by atoms with E-state index in [0.717, 1.165) is 25.4 Å². The van der Waals surface area contributed by atoms with E-state index in [-0.39, 0.29) is 6.10 Å². The van der Waals surface area contributed by atoms with Crippen molar-refractivity contribution in [3.8, 4) is 0 Å². The third-order valence-corrected chi connectivity index (χ3v) is 4.31. The molecule has 3 nitrogen and oxygen atoms in total. The van der Waals surface area contributed by atoms with Gasteiger partial charge in [-0.05, 0) is 26.0 Å². The number of morpholine rings is 1. The molecule has 0 aliphatic carbocycles. The Morgan fingerprint density at radius 3 is 2.86 bits per heavy atom. The molecular formula is C15H22F2N2OS. The number of ether oxygens (including phenoxy) is 1. The van der Waals surface area contributed by atoms with Gasteiger partial charge in [0.2, 0.25) is 0 Å². The number of benzene rings is 1. The lowest BCUT2D eigenvalue weighted by atomic mass is 10.2. The molecule has 1 aromatic carbocycles. The van der Waals surface area contributed by atoms with Crippen molar-refractivity contribution < 1.29 is 13.5 Å². The molecule has 0 aromatic heterocycles. The molecule has 1 fully saturated rings. The molecule has 21 heavy (non-hydrogen) atoms. The van der Waals surface area contributed by atoms with E-state index in [2.05, 4.69) is 24.1 Å². The summed E-state index contributed by atoms with van der Waals surface area (Å²) >= 11 is 0.570. The molecule has 0 bridgehead atoms. The molecule has 6 heteroatoms. The van der Waals surface area contributed by atoms with Gasteiger partial charge in [-0.1, -0.05) is 23.9 Å². The fraction of sp³-hybridized carbons (Fsp3) is 0.600. The molecule has 0 radical (unpaired) electrons. The van der Waals surface area contributed by atoms with Crippen LogP contribution in [0.3, 0.4) is 0 Å². The highest BCUT2D eigenvalue weighted by Gasteiger charge is 2.22. The smallest absolute Gasteiger partial charge is 0.288 e. The van der Waals surface area contributed by atoms with Gasteiger partial charge in [0.15, 0.2) is 0 Å². The lowest BCUT2D eigenvalue weighted by Crippen LogP contribution is -2.48. The summed E-state index contributed by atoms with van der Waals surface area (Å²) in [5.74, 6) is -2.41. The van der Waals surface area contributed by atoms with Crippen LogP contribution in [-0.2, 0) is 4.74 Å². The summed E-state index contributed by atoms with van der Waals surface area (Å²) in [4.78, 5) is 2.94. The molecule has 1 heterocycles. The van der Waals surface area contributed by atoms with Gasteiger partial charge in [0.05, 0.1) is 12.7 Å². The Labute approximate surface area is 129 Å². The maximum absolute atomic E-state index is 12.5. The minimum absolute atomic E-state index is 0.0887. The molecule has 1 aliphatic heterocycles. The standard InChI is InChI=1S/C15H22F2N2OS/c1-11(2)19-7-8-20-12(10-19)9-18-13-5-3-4-6-14(13)21-15(16)17/h3-6,11-12,15,18H,7-10H2,1-2H3. The Balaban J connectivity index is 1.90. The van der Waals surface area contributed by atoms with E-state index in [9.17, 15) is 8.78 Å². The Hall–Kier alpha value is -0.850. The van der Waals surface area contributed by atoms with Crippen molar-refractivity contribution in [2.75, 3.05) is 31.6 Å². The maximum Gasteiger partial charge on any atom is 0.288 e. The summed E-state index contributed by atoms with van der Waals surface area (Å²) < 4.78 is 30.8. The van der Waals surface area contributed by atoms with Crippen LogP contribution in [0.5, 0.6) is 0 Å².